The van der Waals surface area contributed by atoms with Crippen LogP contribution in [0.4, 0.5) is 5.13 Å². The third kappa shape index (κ3) is 3.74. The van der Waals surface area contributed by atoms with Crippen LogP contribution >= 0.6 is 27.3 Å². The number of hydrogen-bond acceptors (Lipinski definition) is 5. The zero-order valence-electron chi connectivity index (χ0n) is 13.6. The van der Waals surface area contributed by atoms with Crippen molar-refractivity contribution in [2.24, 2.45) is 5.10 Å². The van der Waals surface area contributed by atoms with Gasteiger partial charge in [-0.3, -0.25) is 5.43 Å². The van der Waals surface area contributed by atoms with Crippen molar-refractivity contribution in [1.82, 2.24) is 14.8 Å². The molecule has 0 spiro atoms. The van der Waals surface area contributed by atoms with Crippen LogP contribution in [-0.4, -0.2) is 21.0 Å². The molecule has 0 aliphatic heterocycles. The Morgan fingerprint density at radius 1 is 1.12 bits per heavy atom. The first-order valence-corrected chi connectivity index (χ1v) is 9.56. The number of hydrogen-bond donors (Lipinski definition) is 1. The molecule has 0 bridgehead atoms. The highest BCUT2D eigenvalue weighted by molar-refractivity contribution is 9.10. The van der Waals surface area contributed by atoms with Gasteiger partial charge in [0.2, 0.25) is 5.13 Å². The van der Waals surface area contributed by atoms with Gasteiger partial charge >= 0.3 is 0 Å². The van der Waals surface area contributed by atoms with Gasteiger partial charge in [-0.25, -0.2) is 9.67 Å². The van der Waals surface area contributed by atoms with E-state index in [9.17, 15) is 0 Å². The largest absolute Gasteiger partial charge is 0.253 e. The Hall–Kier alpha value is -2.77. The second-order valence-electron chi connectivity index (χ2n) is 5.44. The molecule has 0 unspecified atom stereocenters. The van der Waals surface area contributed by atoms with E-state index in [2.05, 4.69) is 36.5 Å². The Labute approximate surface area is 163 Å². The van der Waals surface area contributed by atoms with Gasteiger partial charge in [0.1, 0.15) is 0 Å². The molecule has 0 saturated heterocycles. The summed E-state index contributed by atoms with van der Waals surface area (Å²) in [7, 11) is 0. The van der Waals surface area contributed by atoms with E-state index in [4.69, 9.17) is 0 Å². The lowest BCUT2D eigenvalue weighted by atomic mass is 10.2. The Morgan fingerprint density at radius 3 is 2.77 bits per heavy atom. The van der Waals surface area contributed by atoms with E-state index in [1.54, 1.807) is 12.4 Å². The molecule has 0 fully saturated rings. The lowest BCUT2D eigenvalue weighted by molar-refractivity contribution is 0.876. The van der Waals surface area contributed by atoms with Crippen molar-refractivity contribution in [2.75, 3.05) is 5.43 Å². The summed E-state index contributed by atoms with van der Waals surface area (Å²) in [6.07, 6.45) is 5.42. The van der Waals surface area contributed by atoms with Crippen molar-refractivity contribution in [2.45, 2.75) is 0 Å². The minimum absolute atomic E-state index is 0.757. The van der Waals surface area contributed by atoms with Crippen molar-refractivity contribution in [3.8, 4) is 16.9 Å². The zero-order chi connectivity index (χ0) is 17.8. The minimum Gasteiger partial charge on any atom is -0.253 e. The number of halogens is 1. The third-order valence-corrected chi connectivity index (χ3v) is 5.05. The highest BCUT2D eigenvalue weighted by Crippen LogP contribution is 2.25. The van der Waals surface area contributed by atoms with Gasteiger partial charge in [-0.2, -0.15) is 10.2 Å². The summed E-state index contributed by atoms with van der Waals surface area (Å²) in [6.45, 7) is 0. The maximum atomic E-state index is 4.55. The van der Waals surface area contributed by atoms with Crippen LogP contribution in [0, 0.1) is 0 Å². The van der Waals surface area contributed by atoms with E-state index in [1.807, 2.05) is 70.9 Å². The number of anilines is 1. The molecule has 2 heterocycles. The van der Waals surface area contributed by atoms with E-state index in [1.165, 1.54) is 11.3 Å². The molecular weight excluding hydrogens is 410 g/mol. The van der Waals surface area contributed by atoms with Crippen molar-refractivity contribution in [3.05, 3.63) is 82.4 Å². The molecule has 1 N–H and O–H groups in total. The molecule has 4 aromatic rings. The van der Waals surface area contributed by atoms with Gasteiger partial charge in [0, 0.05) is 27.8 Å². The maximum Gasteiger partial charge on any atom is 0.203 e. The molecular formula is C19H14BrN5S. The van der Waals surface area contributed by atoms with Crippen LogP contribution in [0.15, 0.2) is 81.9 Å². The normalized spacial score (nSPS) is 11.1. The fourth-order valence-electron chi connectivity index (χ4n) is 2.43. The Kier molecular flexibility index (Phi) is 4.90. The minimum atomic E-state index is 0.757. The van der Waals surface area contributed by atoms with Crippen LogP contribution in [0.1, 0.15) is 5.56 Å². The lowest BCUT2D eigenvalue weighted by Gasteiger charge is -2.05. The average Bonchev–Trinajstić information content (AvgIpc) is 3.35. The summed E-state index contributed by atoms with van der Waals surface area (Å²) in [5.41, 5.74) is 6.98. The summed E-state index contributed by atoms with van der Waals surface area (Å²) in [4.78, 5) is 4.55. The van der Waals surface area contributed by atoms with Gasteiger partial charge in [-0.05, 0) is 39.7 Å². The predicted octanol–water partition coefficient (Wildman–Crippen LogP) is 5.20. The van der Waals surface area contributed by atoms with Crippen LogP contribution in [0.5, 0.6) is 0 Å². The Bertz CT molecular complexity index is 1030. The average molecular weight is 424 g/mol. The zero-order valence-corrected chi connectivity index (χ0v) is 16.0. The summed E-state index contributed by atoms with van der Waals surface area (Å²) >= 11 is 5.11. The number of rotatable bonds is 5. The van der Waals surface area contributed by atoms with Crippen molar-refractivity contribution in [3.63, 3.8) is 0 Å². The smallest absolute Gasteiger partial charge is 0.203 e. The summed E-state index contributed by atoms with van der Waals surface area (Å²) in [6, 6.07) is 18.0. The van der Waals surface area contributed by atoms with E-state index >= 15 is 0 Å². The maximum absolute atomic E-state index is 4.55. The summed E-state index contributed by atoms with van der Waals surface area (Å²) in [5.74, 6) is 0. The number of benzene rings is 2. The molecule has 0 atom stereocenters. The van der Waals surface area contributed by atoms with E-state index in [-0.39, 0.29) is 0 Å². The molecule has 0 radical (unpaired) electrons. The number of hydrazone groups is 1. The molecule has 2 aromatic heterocycles. The SMILES string of the molecule is Brc1cc(C=NNc2nc(-c3ccccc3)cs2)ccc1-n1cccn1. The Morgan fingerprint density at radius 2 is 2.00 bits per heavy atom. The van der Waals surface area contributed by atoms with E-state index in [0.717, 1.165) is 32.1 Å². The molecule has 7 heteroatoms. The van der Waals surface area contributed by atoms with E-state index < -0.39 is 0 Å². The van der Waals surface area contributed by atoms with E-state index in [0.29, 0.717) is 0 Å². The van der Waals surface area contributed by atoms with Crippen molar-refractivity contribution >= 4 is 38.6 Å². The topological polar surface area (TPSA) is 55.1 Å². The fourth-order valence-corrected chi connectivity index (χ4v) is 3.68. The fraction of sp³-hybridized carbons (Fsp3) is 0. The van der Waals surface area contributed by atoms with Gasteiger partial charge in [0.05, 0.1) is 17.6 Å². The summed E-state index contributed by atoms with van der Waals surface area (Å²) < 4.78 is 2.76. The van der Waals surface area contributed by atoms with Gasteiger partial charge in [0.25, 0.3) is 0 Å². The molecule has 0 amide bonds. The van der Waals surface area contributed by atoms with Gasteiger partial charge < -0.3 is 0 Å². The molecule has 128 valence electrons. The quantitative estimate of drug-likeness (QED) is 0.354. The van der Waals surface area contributed by atoms with Crippen LogP contribution < -0.4 is 5.43 Å². The molecule has 0 saturated carbocycles. The molecule has 4 rings (SSSR count). The van der Waals surface area contributed by atoms with Gasteiger partial charge in [-0.1, -0.05) is 36.4 Å². The van der Waals surface area contributed by atoms with Crippen molar-refractivity contribution < 1.29 is 0 Å². The van der Waals surface area contributed by atoms with Gasteiger partial charge in [0.15, 0.2) is 0 Å². The number of nitrogens with one attached hydrogen (secondary N) is 1. The lowest BCUT2D eigenvalue weighted by Crippen LogP contribution is -1.97. The molecule has 0 aliphatic carbocycles. The molecule has 26 heavy (non-hydrogen) atoms. The standard InChI is InChI=1S/C19H14BrN5S/c20-16-11-14(7-8-18(16)25-10-4-9-22-25)12-21-24-19-23-17(13-26-19)15-5-2-1-3-6-15/h1-13H,(H,23,24). The first-order valence-electron chi connectivity index (χ1n) is 7.89. The molecule has 0 aliphatic rings. The second kappa shape index (κ2) is 7.63. The monoisotopic (exact) mass is 423 g/mol. The van der Waals surface area contributed by atoms with Crippen LogP contribution in [0.25, 0.3) is 16.9 Å². The number of aromatic nitrogens is 3. The van der Waals surface area contributed by atoms with Crippen LogP contribution in [0.2, 0.25) is 0 Å². The molecule has 2 aromatic carbocycles. The third-order valence-electron chi connectivity index (χ3n) is 3.67. The predicted molar refractivity (Wildman–Crippen MR) is 110 cm³/mol. The van der Waals surface area contributed by atoms with Crippen molar-refractivity contribution in [1.29, 1.82) is 0 Å². The molecule has 5 nitrogen and oxygen atoms in total. The second-order valence-corrected chi connectivity index (χ2v) is 7.15. The first kappa shape index (κ1) is 16.7. The summed E-state index contributed by atoms with van der Waals surface area (Å²) in [5, 5.41) is 11.3. The van der Waals surface area contributed by atoms with Crippen LogP contribution in [0.3, 0.4) is 0 Å². The van der Waals surface area contributed by atoms with Gasteiger partial charge in [-0.15, -0.1) is 11.3 Å². The Balaban J connectivity index is 1.44. The highest BCUT2D eigenvalue weighted by atomic mass is 79.9. The number of thiazole rings is 1. The van der Waals surface area contributed by atoms with Crippen LogP contribution in [-0.2, 0) is 0 Å². The highest BCUT2D eigenvalue weighted by Gasteiger charge is 2.04. The number of nitrogens with zero attached hydrogens (tertiary/aromatic N) is 4. The first-order chi connectivity index (χ1) is 12.8.